The Hall–Kier alpha value is -3.23. The summed E-state index contributed by atoms with van der Waals surface area (Å²) in [4.78, 5) is 30.9. The highest BCUT2D eigenvalue weighted by molar-refractivity contribution is 6.46. The Morgan fingerprint density at radius 1 is 1.17 bits per heavy atom. The van der Waals surface area contributed by atoms with Gasteiger partial charge in [-0.1, -0.05) is 6.07 Å². The lowest BCUT2D eigenvalue weighted by Gasteiger charge is -2.25. The molecule has 1 aromatic carbocycles. The normalized spacial score (nSPS) is 18.3. The van der Waals surface area contributed by atoms with E-state index in [1.807, 2.05) is 0 Å². The number of nitrogens with zero attached hydrogens (tertiary/aromatic N) is 2. The van der Waals surface area contributed by atoms with Crippen LogP contribution < -0.4 is 4.74 Å². The summed E-state index contributed by atoms with van der Waals surface area (Å²) >= 11 is 0. The van der Waals surface area contributed by atoms with Gasteiger partial charge in [-0.05, 0) is 35.9 Å². The number of hydrogen-bond donors (Lipinski definition) is 2. The number of hydrogen-bond acceptors (Lipinski definition) is 7. The quantitative estimate of drug-likeness (QED) is 0.300. The lowest BCUT2D eigenvalue weighted by molar-refractivity contribution is -0.140. The summed E-state index contributed by atoms with van der Waals surface area (Å²) in [6.07, 6.45) is 3.14. The Kier molecular flexibility index (Phi) is 6.58. The summed E-state index contributed by atoms with van der Waals surface area (Å²) < 4.78 is 10.4. The molecular formula is C21H22N2O6. The number of likely N-dealkylation sites (tertiary alicyclic amines) is 1. The number of aromatic nitrogens is 1. The molecule has 1 aliphatic rings. The first kappa shape index (κ1) is 20.5. The summed E-state index contributed by atoms with van der Waals surface area (Å²) in [5, 5.41) is 19.7. The second kappa shape index (κ2) is 9.31. The van der Waals surface area contributed by atoms with Crippen molar-refractivity contribution in [2.75, 3.05) is 33.5 Å². The molecule has 3 rings (SSSR count). The van der Waals surface area contributed by atoms with Gasteiger partial charge in [-0.15, -0.1) is 0 Å². The zero-order valence-corrected chi connectivity index (χ0v) is 15.9. The van der Waals surface area contributed by atoms with Crippen molar-refractivity contribution in [2.45, 2.75) is 6.04 Å². The molecule has 2 heterocycles. The molecule has 2 N–H and O–H groups in total. The Morgan fingerprint density at radius 3 is 2.55 bits per heavy atom. The van der Waals surface area contributed by atoms with Crippen molar-refractivity contribution in [2.24, 2.45) is 0 Å². The molecule has 1 amide bonds. The van der Waals surface area contributed by atoms with E-state index in [9.17, 15) is 14.7 Å². The van der Waals surface area contributed by atoms with E-state index < -0.39 is 17.7 Å². The van der Waals surface area contributed by atoms with Crippen LogP contribution in [0.15, 0.2) is 54.4 Å². The number of aliphatic hydroxyl groups is 2. The summed E-state index contributed by atoms with van der Waals surface area (Å²) in [6.45, 7) is 0.270. The predicted molar refractivity (Wildman–Crippen MR) is 104 cm³/mol. The first-order chi connectivity index (χ1) is 14.1. The largest absolute Gasteiger partial charge is 0.507 e. The van der Waals surface area contributed by atoms with E-state index in [0.29, 0.717) is 16.9 Å². The van der Waals surface area contributed by atoms with Crippen molar-refractivity contribution in [3.8, 4) is 5.75 Å². The number of carbonyl (C=O) groups is 2. The molecule has 2 aromatic rings. The number of ether oxygens (including phenoxy) is 2. The third kappa shape index (κ3) is 4.28. The molecule has 8 heteroatoms. The van der Waals surface area contributed by atoms with Gasteiger partial charge in [0.2, 0.25) is 0 Å². The van der Waals surface area contributed by atoms with Crippen LogP contribution in [0.25, 0.3) is 5.76 Å². The summed E-state index contributed by atoms with van der Waals surface area (Å²) in [6, 6.07) is 9.21. The van der Waals surface area contributed by atoms with Crippen LogP contribution >= 0.6 is 0 Å². The molecule has 0 aliphatic carbocycles. The highest BCUT2D eigenvalue weighted by Crippen LogP contribution is 2.39. The van der Waals surface area contributed by atoms with Crippen molar-refractivity contribution in [1.29, 1.82) is 0 Å². The maximum absolute atomic E-state index is 12.8. The number of ketones is 1. The molecule has 1 unspecified atom stereocenters. The van der Waals surface area contributed by atoms with Gasteiger partial charge < -0.3 is 24.6 Å². The van der Waals surface area contributed by atoms with Gasteiger partial charge in [0.15, 0.2) is 0 Å². The fraction of sp³-hybridized carbons (Fsp3) is 0.286. The molecule has 0 radical (unpaired) electrons. The van der Waals surface area contributed by atoms with Gasteiger partial charge in [0.05, 0.1) is 38.5 Å². The molecule has 29 heavy (non-hydrogen) atoms. The van der Waals surface area contributed by atoms with Crippen LogP contribution in [-0.2, 0) is 14.3 Å². The zero-order chi connectivity index (χ0) is 20.8. The van der Waals surface area contributed by atoms with Crippen molar-refractivity contribution < 1.29 is 29.3 Å². The average Bonchev–Trinajstić information content (AvgIpc) is 3.01. The van der Waals surface area contributed by atoms with Gasteiger partial charge in [0, 0.05) is 24.5 Å². The van der Waals surface area contributed by atoms with Gasteiger partial charge in [-0.25, -0.2) is 0 Å². The van der Waals surface area contributed by atoms with Gasteiger partial charge in [0.1, 0.15) is 11.5 Å². The minimum Gasteiger partial charge on any atom is -0.507 e. The number of rotatable bonds is 8. The van der Waals surface area contributed by atoms with E-state index in [2.05, 4.69) is 4.98 Å². The van der Waals surface area contributed by atoms with Crippen molar-refractivity contribution >= 4 is 17.4 Å². The number of aliphatic hydroxyl groups excluding tert-OH is 2. The number of methoxy groups -OCH3 is 1. The van der Waals surface area contributed by atoms with Gasteiger partial charge in [0.25, 0.3) is 11.7 Å². The first-order valence-corrected chi connectivity index (χ1v) is 9.09. The molecule has 1 atom stereocenters. The van der Waals surface area contributed by atoms with Gasteiger partial charge in [-0.2, -0.15) is 0 Å². The molecule has 1 aliphatic heterocycles. The van der Waals surface area contributed by atoms with E-state index >= 15 is 0 Å². The number of benzene rings is 1. The second-order valence-corrected chi connectivity index (χ2v) is 6.34. The molecule has 0 bridgehead atoms. The third-order valence-corrected chi connectivity index (χ3v) is 4.62. The molecule has 1 saturated heterocycles. The van der Waals surface area contributed by atoms with E-state index in [-0.39, 0.29) is 37.7 Å². The van der Waals surface area contributed by atoms with Crippen LogP contribution in [0.3, 0.4) is 0 Å². The van der Waals surface area contributed by atoms with Crippen LogP contribution in [0.4, 0.5) is 0 Å². The maximum Gasteiger partial charge on any atom is 0.295 e. The van der Waals surface area contributed by atoms with Crippen molar-refractivity contribution in [3.63, 3.8) is 0 Å². The van der Waals surface area contributed by atoms with Gasteiger partial charge in [-0.3, -0.25) is 14.6 Å². The predicted octanol–water partition coefficient (Wildman–Crippen LogP) is 1.52. The highest BCUT2D eigenvalue weighted by atomic mass is 16.5. The monoisotopic (exact) mass is 398 g/mol. The molecule has 0 spiro atoms. The number of carbonyl (C=O) groups excluding carboxylic acids is 2. The topological polar surface area (TPSA) is 109 Å². The Labute approximate surface area is 168 Å². The lowest BCUT2D eigenvalue weighted by atomic mass is 9.96. The lowest BCUT2D eigenvalue weighted by Crippen LogP contribution is -2.33. The number of pyridine rings is 1. The summed E-state index contributed by atoms with van der Waals surface area (Å²) in [7, 11) is 1.53. The molecule has 0 saturated carbocycles. The SMILES string of the molecule is COc1ccc(C(O)=C2C(=O)C(=O)N(CCOCCO)C2c2cccnc2)cc1. The number of Topliss-reactive ketones (excluding diaryl/α,β-unsaturated/α-hetero) is 1. The van der Waals surface area contributed by atoms with Crippen LogP contribution in [0.1, 0.15) is 17.2 Å². The minimum atomic E-state index is -0.788. The van der Waals surface area contributed by atoms with Crippen LogP contribution in [0.2, 0.25) is 0 Å². The molecule has 152 valence electrons. The van der Waals surface area contributed by atoms with Crippen molar-refractivity contribution in [1.82, 2.24) is 9.88 Å². The summed E-state index contributed by atoms with van der Waals surface area (Å²) in [5.41, 5.74) is 0.994. The molecule has 1 fully saturated rings. The zero-order valence-electron chi connectivity index (χ0n) is 15.9. The standard InChI is InChI=1S/C21H22N2O6/c1-28-16-6-4-14(5-7-16)19(25)17-18(15-3-2-8-22-13-15)23(21(27)20(17)26)9-11-29-12-10-24/h2-8,13,18,24-25H,9-12H2,1H3. The van der Waals surface area contributed by atoms with E-state index in [4.69, 9.17) is 14.6 Å². The smallest absolute Gasteiger partial charge is 0.295 e. The first-order valence-electron chi connectivity index (χ1n) is 9.09. The van der Waals surface area contributed by atoms with Crippen molar-refractivity contribution in [3.05, 3.63) is 65.5 Å². The molecular weight excluding hydrogens is 376 g/mol. The fourth-order valence-corrected chi connectivity index (χ4v) is 3.23. The highest BCUT2D eigenvalue weighted by Gasteiger charge is 2.45. The molecule has 1 aromatic heterocycles. The maximum atomic E-state index is 12.8. The van der Waals surface area contributed by atoms with E-state index in [1.165, 1.54) is 12.0 Å². The Balaban J connectivity index is 2.02. The second-order valence-electron chi connectivity index (χ2n) is 6.34. The van der Waals surface area contributed by atoms with E-state index in [0.717, 1.165) is 0 Å². The van der Waals surface area contributed by atoms with Crippen LogP contribution in [0, 0.1) is 0 Å². The Morgan fingerprint density at radius 2 is 1.93 bits per heavy atom. The van der Waals surface area contributed by atoms with E-state index in [1.54, 1.807) is 48.8 Å². The summed E-state index contributed by atoms with van der Waals surface area (Å²) in [5.74, 6) is -1.15. The van der Waals surface area contributed by atoms with Crippen LogP contribution in [0.5, 0.6) is 5.75 Å². The minimum absolute atomic E-state index is 0.00433. The average molecular weight is 398 g/mol. The third-order valence-electron chi connectivity index (χ3n) is 4.62. The fourth-order valence-electron chi connectivity index (χ4n) is 3.23. The number of amides is 1. The molecule has 8 nitrogen and oxygen atoms in total. The van der Waals surface area contributed by atoms with Gasteiger partial charge >= 0.3 is 0 Å². The van der Waals surface area contributed by atoms with Crippen LogP contribution in [-0.4, -0.2) is 65.3 Å². The Bertz CT molecular complexity index is 895.